The molecule has 2 aliphatic rings. The lowest BCUT2D eigenvalue weighted by Crippen LogP contribution is -2.58. The zero-order valence-corrected chi connectivity index (χ0v) is 19.7. The van der Waals surface area contributed by atoms with Crippen LogP contribution in [0.4, 0.5) is 0 Å². The van der Waals surface area contributed by atoms with E-state index in [2.05, 4.69) is 0 Å². The van der Waals surface area contributed by atoms with Gasteiger partial charge >= 0.3 is 5.97 Å². The van der Waals surface area contributed by atoms with Crippen molar-refractivity contribution < 1.29 is 24.9 Å². The van der Waals surface area contributed by atoms with E-state index in [1.54, 1.807) is 30.0 Å². The normalized spacial score (nSPS) is 32.2. The molecule has 6 nitrogen and oxygen atoms in total. The predicted octanol–water partition coefficient (Wildman–Crippen LogP) is 4.42. The number of piperidine rings is 1. The fourth-order valence-electron chi connectivity index (χ4n) is 5.49. The highest BCUT2D eigenvalue weighted by atomic mass is 35.5. The minimum absolute atomic E-state index is 0.281. The Kier molecular flexibility index (Phi) is 6.74. The van der Waals surface area contributed by atoms with E-state index in [0.717, 1.165) is 11.1 Å². The number of nitrogens with zero attached hydrogens (tertiary/aromatic N) is 1. The Morgan fingerprint density at radius 2 is 1.76 bits per heavy atom. The van der Waals surface area contributed by atoms with Crippen molar-refractivity contribution in [1.29, 1.82) is 0 Å². The summed E-state index contributed by atoms with van der Waals surface area (Å²) in [4.78, 5) is 27.3. The Bertz CT molecular complexity index is 1050. The fraction of sp³-hybridized carbons (Fsp3) is 0.440. The molecule has 4 rings (SSSR count). The fourth-order valence-corrected chi connectivity index (χ4v) is 5.81. The molecule has 4 unspecified atom stereocenters. The Hall–Kier alpha value is -2.12. The first-order valence-electron chi connectivity index (χ1n) is 11.0. The summed E-state index contributed by atoms with van der Waals surface area (Å²) in [7, 11) is 0. The lowest BCUT2D eigenvalue weighted by molar-refractivity contribution is -0.163. The molecule has 2 aromatic rings. The van der Waals surface area contributed by atoms with Gasteiger partial charge in [-0.15, -0.1) is 0 Å². The smallest absolute Gasteiger partial charge is 0.304 e. The first-order chi connectivity index (χ1) is 15.6. The van der Waals surface area contributed by atoms with E-state index in [1.165, 1.54) is 0 Å². The highest BCUT2D eigenvalue weighted by molar-refractivity contribution is 6.30. The quantitative estimate of drug-likeness (QED) is 0.574. The van der Waals surface area contributed by atoms with Crippen LogP contribution in [0, 0.1) is 5.41 Å². The van der Waals surface area contributed by atoms with Crippen LogP contribution in [0.2, 0.25) is 10.0 Å². The second-order valence-electron chi connectivity index (χ2n) is 9.41. The third-order valence-electron chi connectivity index (χ3n) is 7.04. The van der Waals surface area contributed by atoms with Gasteiger partial charge in [0.1, 0.15) is 6.10 Å². The van der Waals surface area contributed by atoms with Crippen molar-refractivity contribution in [2.45, 2.75) is 62.8 Å². The molecule has 2 aromatic carbocycles. The molecule has 0 radical (unpaired) electrons. The van der Waals surface area contributed by atoms with Gasteiger partial charge in [-0.1, -0.05) is 54.4 Å². The Labute approximate surface area is 202 Å². The summed E-state index contributed by atoms with van der Waals surface area (Å²) in [5, 5.41) is 31.8. The summed E-state index contributed by atoms with van der Waals surface area (Å²) >= 11 is 12.4. The molecule has 6 atom stereocenters. The number of rotatable bonds is 5. The van der Waals surface area contributed by atoms with Gasteiger partial charge in [-0.05, 0) is 54.7 Å². The summed E-state index contributed by atoms with van der Waals surface area (Å²) in [6.07, 6.45) is -1.31. The third-order valence-corrected chi connectivity index (χ3v) is 7.52. The Morgan fingerprint density at radius 3 is 2.33 bits per heavy atom. The van der Waals surface area contributed by atoms with E-state index >= 15 is 0 Å². The summed E-state index contributed by atoms with van der Waals surface area (Å²) in [6, 6.07) is 13.4. The number of halogens is 2. The number of carbonyl (C=O) groups is 2. The maximum atomic E-state index is 13.9. The van der Waals surface area contributed by atoms with Crippen LogP contribution in [0.1, 0.15) is 55.7 Å². The molecule has 1 saturated carbocycles. The van der Waals surface area contributed by atoms with Crippen molar-refractivity contribution in [3.05, 3.63) is 69.7 Å². The maximum absolute atomic E-state index is 13.9. The van der Waals surface area contributed by atoms with E-state index in [-0.39, 0.29) is 18.2 Å². The van der Waals surface area contributed by atoms with Crippen LogP contribution in [0.25, 0.3) is 0 Å². The van der Waals surface area contributed by atoms with Crippen molar-refractivity contribution in [1.82, 2.24) is 4.90 Å². The summed E-state index contributed by atoms with van der Waals surface area (Å²) < 4.78 is 0. The minimum Gasteiger partial charge on any atom is -0.481 e. The van der Waals surface area contributed by atoms with Gasteiger partial charge in [0.25, 0.3) is 0 Å². The second kappa shape index (κ2) is 9.26. The third kappa shape index (κ3) is 4.62. The van der Waals surface area contributed by atoms with Crippen LogP contribution in [0.3, 0.4) is 0 Å². The van der Waals surface area contributed by atoms with E-state index in [4.69, 9.17) is 23.2 Å². The molecule has 0 spiro atoms. The molecule has 1 heterocycles. The van der Waals surface area contributed by atoms with Crippen molar-refractivity contribution in [2.75, 3.05) is 0 Å². The first kappa shape index (κ1) is 24.0. The minimum atomic E-state index is -1.19. The number of benzene rings is 2. The van der Waals surface area contributed by atoms with Crippen LogP contribution in [0.15, 0.2) is 48.5 Å². The van der Waals surface area contributed by atoms with Gasteiger partial charge in [0.15, 0.2) is 0 Å². The van der Waals surface area contributed by atoms with Crippen molar-refractivity contribution in [3.8, 4) is 0 Å². The van der Waals surface area contributed by atoms with Gasteiger partial charge in [-0.3, -0.25) is 9.59 Å². The van der Waals surface area contributed by atoms with E-state index in [1.807, 2.05) is 30.3 Å². The maximum Gasteiger partial charge on any atom is 0.304 e. The van der Waals surface area contributed by atoms with E-state index in [0.29, 0.717) is 29.3 Å². The lowest BCUT2D eigenvalue weighted by atomic mass is 9.67. The monoisotopic (exact) mass is 491 g/mol. The molecule has 1 amide bonds. The molecule has 33 heavy (non-hydrogen) atoms. The number of aliphatic hydroxyl groups is 2. The van der Waals surface area contributed by atoms with Crippen molar-refractivity contribution in [3.63, 3.8) is 0 Å². The number of carbonyl (C=O) groups excluding carboxylic acids is 1. The Morgan fingerprint density at radius 1 is 1.06 bits per heavy atom. The van der Waals surface area contributed by atoms with Gasteiger partial charge in [0, 0.05) is 16.0 Å². The average Bonchev–Trinajstić information content (AvgIpc) is 3.08. The molecular formula is C25H27Cl2NO5. The first-order valence-corrected chi connectivity index (χ1v) is 11.8. The van der Waals surface area contributed by atoms with E-state index in [9.17, 15) is 24.9 Å². The summed E-state index contributed by atoms with van der Waals surface area (Å²) in [5.74, 6) is -1.68. The highest BCUT2D eigenvalue weighted by Crippen LogP contribution is 2.53. The molecule has 1 aliphatic carbocycles. The zero-order valence-electron chi connectivity index (χ0n) is 18.2. The van der Waals surface area contributed by atoms with Crippen LogP contribution in [-0.4, -0.2) is 50.3 Å². The van der Waals surface area contributed by atoms with Crippen molar-refractivity contribution >= 4 is 35.1 Å². The SMILES string of the molecule is C[C@]1(CC(=O)O)CC(c2cccc(Cl)c2)[C@@H](c2ccc(Cl)cc2)N(C2CCC(O)C2O)C1=O. The summed E-state index contributed by atoms with van der Waals surface area (Å²) in [6.45, 7) is 1.67. The van der Waals surface area contributed by atoms with Crippen LogP contribution in [-0.2, 0) is 9.59 Å². The number of likely N-dealkylation sites (tertiary alicyclic amines) is 1. The number of aliphatic carboxylic acids is 1. The van der Waals surface area contributed by atoms with Crippen LogP contribution >= 0.6 is 23.2 Å². The Balaban J connectivity index is 1.90. The average molecular weight is 492 g/mol. The van der Waals surface area contributed by atoms with Crippen LogP contribution in [0.5, 0.6) is 0 Å². The van der Waals surface area contributed by atoms with Gasteiger partial charge in [-0.25, -0.2) is 0 Å². The molecule has 0 aromatic heterocycles. The predicted molar refractivity (Wildman–Crippen MR) is 125 cm³/mol. The molecular weight excluding hydrogens is 465 g/mol. The number of hydrogen-bond donors (Lipinski definition) is 3. The molecule has 176 valence electrons. The zero-order chi connectivity index (χ0) is 23.9. The van der Waals surface area contributed by atoms with Crippen LogP contribution < -0.4 is 0 Å². The molecule has 1 saturated heterocycles. The molecule has 8 heteroatoms. The van der Waals surface area contributed by atoms with Gasteiger partial charge in [-0.2, -0.15) is 0 Å². The van der Waals surface area contributed by atoms with Gasteiger partial charge < -0.3 is 20.2 Å². The highest BCUT2D eigenvalue weighted by Gasteiger charge is 2.54. The van der Waals surface area contributed by atoms with Gasteiger partial charge in [0.2, 0.25) is 5.91 Å². The topological polar surface area (TPSA) is 98.1 Å². The molecule has 0 bridgehead atoms. The second-order valence-corrected chi connectivity index (χ2v) is 10.3. The number of hydrogen-bond acceptors (Lipinski definition) is 4. The number of carboxylic acid groups (broad SMARTS) is 1. The molecule has 1 aliphatic heterocycles. The molecule has 2 fully saturated rings. The lowest BCUT2D eigenvalue weighted by Gasteiger charge is -2.52. The van der Waals surface area contributed by atoms with E-state index < -0.39 is 35.7 Å². The number of aliphatic hydroxyl groups excluding tert-OH is 2. The number of amides is 1. The summed E-state index contributed by atoms with van der Waals surface area (Å²) in [5.41, 5.74) is 0.517. The van der Waals surface area contributed by atoms with Gasteiger partial charge in [0.05, 0.1) is 30.0 Å². The standard InChI is InChI=1S/C25H27Cl2NO5/c1-25(13-21(30)31)12-18(15-3-2-4-17(27)11-15)22(14-5-7-16(26)8-6-14)28(24(25)33)19-9-10-20(29)23(19)32/h2-8,11,18-20,22-23,29,32H,9-10,12-13H2,1H3,(H,30,31)/t18?,19?,20?,22-,23?,25-/m1/s1. The molecule has 3 N–H and O–H groups in total. The largest absolute Gasteiger partial charge is 0.481 e. The van der Waals surface area contributed by atoms with Crippen molar-refractivity contribution in [2.24, 2.45) is 5.41 Å². The number of carboxylic acids is 1.